The first-order chi connectivity index (χ1) is 15.2. The van der Waals surface area contributed by atoms with Crippen LogP contribution in [0.3, 0.4) is 0 Å². The smallest absolute Gasteiger partial charge is 0.270 e. The van der Waals surface area contributed by atoms with Gasteiger partial charge in [-0.3, -0.25) is 4.79 Å². The monoisotopic (exact) mass is 453 g/mol. The summed E-state index contributed by atoms with van der Waals surface area (Å²) in [5.74, 6) is 0.567. The van der Waals surface area contributed by atoms with Crippen molar-refractivity contribution in [2.45, 2.75) is 38.6 Å². The molecular weight excluding hydrogens is 422 g/mol. The molecule has 2 unspecified atom stereocenters. The quantitative estimate of drug-likeness (QED) is 0.622. The van der Waals surface area contributed by atoms with Crippen LogP contribution in [0, 0.1) is 18.8 Å². The van der Waals surface area contributed by atoms with Crippen molar-refractivity contribution in [3.05, 3.63) is 65.4 Å². The fraction of sp³-hybridized carbons (Fsp3) is 0.400. The molecule has 2 heterocycles. The molecule has 2 atom stereocenters. The van der Waals surface area contributed by atoms with Crippen LogP contribution in [0.4, 0.5) is 0 Å². The summed E-state index contributed by atoms with van der Waals surface area (Å²) in [7, 11) is -1.81. The molecule has 1 aliphatic heterocycles. The Morgan fingerprint density at radius 1 is 1.09 bits per heavy atom. The van der Waals surface area contributed by atoms with Gasteiger partial charge in [-0.1, -0.05) is 44.2 Å². The van der Waals surface area contributed by atoms with Gasteiger partial charge < -0.3 is 9.88 Å². The number of aryl methyl sites for hydroxylation is 1. The summed E-state index contributed by atoms with van der Waals surface area (Å²) in [6, 6.07) is 14.9. The van der Waals surface area contributed by atoms with Crippen molar-refractivity contribution in [2.75, 3.05) is 20.1 Å². The van der Waals surface area contributed by atoms with Crippen molar-refractivity contribution in [2.24, 2.45) is 11.8 Å². The number of aromatic amines is 1. The van der Waals surface area contributed by atoms with Crippen LogP contribution >= 0.6 is 0 Å². The predicted molar refractivity (Wildman–Crippen MR) is 127 cm³/mol. The molecule has 170 valence electrons. The number of nitrogens with zero attached hydrogens (tertiary/aromatic N) is 2. The highest BCUT2D eigenvalue weighted by Gasteiger charge is 2.32. The fourth-order valence-corrected chi connectivity index (χ4v) is 6.46. The number of benzene rings is 2. The van der Waals surface area contributed by atoms with Crippen LogP contribution in [0.5, 0.6) is 0 Å². The maximum Gasteiger partial charge on any atom is 0.270 e. The van der Waals surface area contributed by atoms with Crippen molar-refractivity contribution >= 4 is 26.8 Å². The number of amides is 1. The molecular formula is C25H31N3O3S. The summed E-state index contributed by atoms with van der Waals surface area (Å²) >= 11 is 0. The lowest BCUT2D eigenvalue weighted by Crippen LogP contribution is -2.42. The third kappa shape index (κ3) is 4.32. The molecule has 1 aromatic heterocycles. The number of hydrogen-bond donors (Lipinski definition) is 1. The number of carbonyl (C=O) groups is 1. The van der Waals surface area contributed by atoms with Crippen LogP contribution in [0.1, 0.15) is 41.9 Å². The molecule has 0 aliphatic carbocycles. The molecule has 1 fully saturated rings. The van der Waals surface area contributed by atoms with Gasteiger partial charge in [0, 0.05) is 37.6 Å². The first-order valence-corrected chi connectivity index (χ1v) is 12.5. The number of piperidine rings is 1. The second-order valence-electron chi connectivity index (χ2n) is 9.25. The average molecular weight is 454 g/mol. The minimum atomic E-state index is -3.58. The number of H-pyrrole nitrogens is 1. The lowest BCUT2D eigenvalue weighted by atomic mass is 9.94. The Morgan fingerprint density at radius 3 is 2.41 bits per heavy atom. The van der Waals surface area contributed by atoms with E-state index in [9.17, 15) is 13.2 Å². The van der Waals surface area contributed by atoms with Crippen molar-refractivity contribution < 1.29 is 13.2 Å². The van der Waals surface area contributed by atoms with E-state index in [0.717, 1.165) is 28.5 Å². The largest absolute Gasteiger partial charge is 0.350 e. The third-order valence-electron chi connectivity index (χ3n) is 6.33. The van der Waals surface area contributed by atoms with Gasteiger partial charge in [0.2, 0.25) is 10.0 Å². The fourth-order valence-electron chi connectivity index (χ4n) is 4.75. The van der Waals surface area contributed by atoms with Gasteiger partial charge in [-0.2, -0.15) is 4.31 Å². The Labute approximate surface area is 190 Å². The maximum atomic E-state index is 13.3. The highest BCUT2D eigenvalue weighted by Crippen LogP contribution is 2.30. The number of fused-ring (bicyclic) bond motifs is 1. The van der Waals surface area contributed by atoms with E-state index in [4.69, 9.17) is 0 Å². The summed E-state index contributed by atoms with van der Waals surface area (Å²) in [5.41, 5.74) is 3.07. The molecule has 6 nitrogen and oxygen atoms in total. The van der Waals surface area contributed by atoms with E-state index in [0.29, 0.717) is 37.2 Å². The molecule has 32 heavy (non-hydrogen) atoms. The molecule has 7 heteroatoms. The predicted octanol–water partition coefficient (Wildman–Crippen LogP) is 4.42. The number of hydrogen-bond acceptors (Lipinski definition) is 3. The molecule has 0 radical (unpaired) electrons. The molecule has 1 aliphatic rings. The first-order valence-electron chi connectivity index (χ1n) is 11.1. The maximum absolute atomic E-state index is 13.3. The Kier molecular flexibility index (Phi) is 6.14. The number of rotatable bonds is 5. The normalized spacial score (nSPS) is 19.9. The van der Waals surface area contributed by atoms with E-state index >= 15 is 0 Å². The SMILES string of the molecule is Cc1c(C(=O)N(C)Cc2ccccc2)[nH]c2ccc(S(=O)(=O)N3CC(C)CC(C)C3)cc12. The summed E-state index contributed by atoms with van der Waals surface area (Å²) in [5, 5.41) is 0.764. The van der Waals surface area contributed by atoms with Crippen LogP contribution in [0.15, 0.2) is 53.4 Å². The lowest BCUT2D eigenvalue weighted by Gasteiger charge is -2.34. The van der Waals surface area contributed by atoms with Crippen LogP contribution in [-0.4, -0.2) is 48.7 Å². The van der Waals surface area contributed by atoms with Gasteiger partial charge in [0.1, 0.15) is 5.69 Å². The minimum Gasteiger partial charge on any atom is -0.350 e. The standard InChI is InChI=1S/C25H31N3O3S/c1-17-12-18(2)15-28(14-17)32(30,31)21-10-11-23-22(13-21)19(3)24(26-23)25(29)27(4)16-20-8-6-5-7-9-20/h5-11,13,17-18,26H,12,14-16H2,1-4H3. The highest BCUT2D eigenvalue weighted by molar-refractivity contribution is 7.89. The van der Waals surface area contributed by atoms with Crippen molar-refractivity contribution in [3.63, 3.8) is 0 Å². The Bertz CT molecular complexity index is 1220. The van der Waals surface area contributed by atoms with E-state index in [1.165, 1.54) is 0 Å². The molecule has 0 saturated carbocycles. The molecule has 1 N–H and O–H groups in total. The van der Waals surface area contributed by atoms with E-state index in [1.54, 1.807) is 34.5 Å². The van der Waals surface area contributed by atoms with Gasteiger partial charge in [0.15, 0.2) is 0 Å². The number of aromatic nitrogens is 1. The zero-order valence-corrected chi connectivity index (χ0v) is 19.9. The van der Waals surface area contributed by atoms with E-state index < -0.39 is 10.0 Å². The highest BCUT2D eigenvalue weighted by atomic mass is 32.2. The minimum absolute atomic E-state index is 0.120. The molecule has 2 aromatic carbocycles. The number of carbonyl (C=O) groups excluding carboxylic acids is 1. The number of sulfonamides is 1. The summed E-state index contributed by atoms with van der Waals surface area (Å²) in [6.07, 6.45) is 1.05. The zero-order valence-electron chi connectivity index (χ0n) is 19.1. The van der Waals surface area contributed by atoms with Crippen LogP contribution in [-0.2, 0) is 16.6 Å². The summed E-state index contributed by atoms with van der Waals surface area (Å²) in [6.45, 7) is 7.65. The average Bonchev–Trinajstić information content (AvgIpc) is 3.09. The zero-order chi connectivity index (χ0) is 23.0. The Hall–Kier alpha value is -2.64. The number of nitrogens with one attached hydrogen (secondary N) is 1. The van der Waals surface area contributed by atoms with Gasteiger partial charge in [-0.25, -0.2) is 8.42 Å². The molecule has 0 spiro atoms. The van der Waals surface area contributed by atoms with Gasteiger partial charge in [-0.05, 0) is 54.5 Å². The molecule has 1 saturated heterocycles. The van der Waals surface area contributed by atoms with Crippen LogP contribution in [0.2, 0.25) is 0 Å². The van der Waals surface area contributed by atoms with Gasteiger partial charge in [0.25, 0.3) is 5.91 Å². The van der Waals surface area contributed by atoms with Gasteiger partial charge in [0.05, 0.1) is 4.90 Å². The molecule has 1 amide bonds. The summed E-state index contributed by atoms with van der Waals surface area (Å²) in [4.78, 5) is 18.3. The summed E-state index contributed by atoms with van der Waals surface area (Å²) < 4.78 is 28.3. The Balaban J connectivity index is 1.63. The third-order valence-corrected chi connectivity index (χ3v) is 8.15. The van der Waals surface area contributed by atoms with Crippen molar-refractivity contribution in [1.82, 2.24) is 14.2 Å². The topological polar surface area (TPSA) is 73.5 Å². The molecule has 3 aromatic rings. The van der Waals surface area contributed by atoms with E-state index in [1.807, 2.05) is 37.3 Å². The van der Waals surface area contributed by atoms with E-state index in [2.05, 4.69) is 18.8 Å². The lowest BCUT2D eigenvalue weighted by molar-refractivity contribution is 0.0779. The van der Waals surface area contributed by atoms with Crippen molar-refractivity contribution in [1.29, 1.82) is 0 Å². The second-order valence-corrected chi connectivity index (χ2v) is 11.2. The Morgan fingerprint density at radius 2 is 1.75 bits per heavy atom. The van der Waals surface area contributed by atoms with Crippen LogP contribution < -0.4 is 0 Å². The second kappa shape index (κ2) is 8.71. The molecule has 0 bridgehead atoms. The van der Waals surface area contributed by atoms with Gasteiger partial charge >= 0.3 is 0 Å². The van der Waals surface area contributed by atoms with Gasteiger partial charge in [-0.15, -0.1) is 0 Å². The molecule has 4 rings (SSSR count). The van der Waals surface area contributed by atoms with Crippen molar-refractivity contribution in [3.8, 4) is 0 Å². The van der Waals surface area contributed by atoms with Crippen LogP contribution in [0.25, 0.3) is 10.9 Å². The first kappa shape index (κ1) is 22.6. The van der Waals surface area contributed by atoms with E-state index in [-0.39, 0.29) is 10.8 Å².